The largest absolute Gasteiger partial charge is 0.484 e. The maximum atomic E-state index is 11.4. The van der Waals surface area contributed by atoms with Crippen LogP contribution in [0.3, 0.4) is 0 Å². The Morgan fingerprint density at radius 3 is 2.59 bits per heavy atom. The second-order valence-corrected chi connectivity index (χ2v) is 3.85. The Balaban J connectivity index is 2.39. The van der Waals surface area contributed by atoms with E-state index < -0.39 is 0 Å². The summed E-state index contributed by atoms with van der Waals surface area (Å²) in [5.41, 5.74) is 0.585. The highest BCUT2D eigenvalue weighted by atomic mass is 16.5. The molecule has 4 nitrogen and oxygen atoms in total. The van der Waals surface area contributed by atoms with E-state index >= 15 is 0 Å². The number of carbonyl (C=O) groups is 2. The van der Waals surface area contributed by atoms with Crippen molar-refractivity contribution in [3.05, 3.63) is 29.8 Å². The van der Waals surface area contributed by atoms with E-state index in [1.165, 1.54) is 0 Å². The molecule has 1 N–H and O–H groups in total. The predicted molar refractivity (Wildman–Crippen MR) is 65.2 cm³/mol. The number of carbonyl (C=O) groups excluding carboxylic acids is 2. The Bertz CT molecular complexity index is 373. The van der Waals surface area contributed by atoms with Crippen LogP contribution in [0.5, 0.6) is 5.75 Å². The molecule has 0 saturated heterocycles. The zero-order chi connectivity index (χ0) is 12.7. The molecule has 0 saturated carbocycles. The molecule has 0 aliphatic heterocycles. The number of aldehydes is 1. The predicted octanol–water partition coefficient (Wildman–Crippen LogP) is 1.79. The van der Waals surface area contributed by atoms with Gasteiger partial charge < -0.3 is 10.1 Å². The highest BCUT2D eigenvalue weighted by Crippen LogP contribution is 2.10. The Kier molecular flexibility index (Phi) is 5.20. The zero-order valence-electron chi connectivity index (χ0n) is 10.1. The van der Waals surface area contributed by atoms with Gasteiger partial charge >= 0.3 is 0 Å². The molecule has 4 heteroatoms. The van der Waals surface area contributed by atoms with Crippen molar-refractivity contribution >= 4 is 12.2 Å². The molecule has 1 atom stereocenters. The van der Waals surface area contributed by atoms with Gasteiger partial charge in [-0.05, 0) is 37.6 Å². The molecule has 1 amide bonds. The number of amides is 1. The van der Waals surface area contributed by atoms with Gasteiger partial charge in [-0.2, -0.15) is 0 Å². The monoisotopic (exact) mass is 235 g/mol. The van der Waals surface area contributed by atoms with Gasteiger partial charge in [-0.3, -0.25) is 9.59 Å². The highest BCUT2D eigenvalue weighted by molar-refractivity contribution is 5.78. The van der Waals surface area contributed by atoms with Gasteiger partial charge in [-0.1, -0.05) is 6.92 Å². The van der Waals surface area contributed by atoms with E-state index in [0.717, 1.165) is 12.7 Å². The number of nitrogens with one attached hydrogen (secondary N) is 1. The first-order chi connectivity index (χ1) is 8.15. The minimum atomic E-state index is -0.140. The summed E-state index contributed by atoms with van der Waals surface area (Å²) in [5, 5.41) is 2.80. The summed E-state index contributed by atoms with van der Waals surface area (Å²) >= 11 is 0. The number of hydrogen-bond donors (Lipinski definition) is 1. The normalized spacial score (nSPS) is 11.6. The van der Waals surface area contributed by atoms with Crippen molar-refractivity contribution in [2.45, 2.75) is 26.3 Å². The summed E-state index contributed by atoms with van der Waals surface area (Å²) < 4.78 is 5.28. The molecule has 1 rings (SSSR count). The summed E-state index contributed by atoms with van der Waals surface area (Å²) in [5.74, 6) is 0.439. The minimum Gasteiger partial charge on any atom is -0.484 e. The highest BCUT2D eigenvalue weighted by Gasteiger charge is 2.05. The molecular weight excluding hydrogens is 218 g/mol. The summed E-state index contributed by atoms with van der Waals surface area (Å²) in [6.45, 7) is 3.94. The lowest BCUT2D eigenvalue weighted by molar-refractivity contribution is -0.123. The zero-order valence-corrected chi connectivity index (χ0v) is 10.1. The van der Waals surface area contributed by atoms with Crippen LogP contribution >= 0.6 is 0 Å². The van der Waals surface area contributed by atoms with E-state index in [1.807, 2.05) is 13.8 Å². The molecule has 0 unspecified atom stereocenters. The van der Waals surface area contributed by atoms with Crippen molar-refractivity contribution in [2.75, 3.05) is 6.61 Å². The Morgan fingerprint density at radius 2 is 2.06 bits per heavy atom. The first-order valence-corrected chi connectivity index (χ1v) is 5.63. The molecular formula is C13H17NO3. The lowest BCUT2D eigenvalue weighted by Gasteiger charge is -2.11. The van der Waals surface area contributed by atoms with Crippen molar-refractivity contribution in [1.82, 2.24) is 5.32 Å². The smallest absolute Gasteiger partial charge is 0.258 e. The van der Waals surface area contributed by atoms with E-state index in [1.54, 1.807) is 24.3 Å². The number of benzene rings is 1. The van der Waals surface area contributed by atoms with Crippen LogP contribution in [-0.4, -0.2) is 24.8 Å². The Hall–Kier alpha value is -1.84. The van der Waals surface area contributed by atoms with Crippen molar-refractivity contribution < 1.29 is 14.3 Å². The molecule has 92 valence electrons. The lowest BCUT2D eigenvalue weighted by atomic mass is 10.2. The van der Waals surface area contributed by atoms with Crippen LogP contribution in [-0.2, 0) is 4.79 Å². The van der Waals surface area contributed by atoms with Gasteiger partial charge in [0.15, 0.2) is 6.61 Å². The number of rotatable bonds is 6. The summed E-state index contributed by atoms with van der Waals surface area (Å²) in [7, 11) is 0. The standard InChI is InChI=1S/C13H17NO3/c1-3-10(2)14-13(16)9-17-12-6-4-11(8-15)5-7-12/h4-8,10H,3,9H2,1-2H3,(H,14,16)/t10-/m0/s1. The van der Waals surface area contributed by atoms with Gasteiger partial charge in [-0.15, -0.1) is 0 Å². The van der Waals surface area contributed by atoms with Gasteiger partial charge in [0.05, 0.1) is 0 Å². The maximum absolute atomic E-state index is 11.4. The SMILES string of the molecule is CC[C@H](C)NC(=O)COc1ccc(C=O)cc1. The van der Waals surface area contributed by atoms with Gasteiger partial charge in [-0.25, -0.2) is 0 Å². The van der Waals surface area contributed by atoms with Crippen molar-refractivity contribution in [1.29, 1.82) is 0 Å². The van der Waals surface area contributed by atoms with Crippen molar-refractivity contribution in [3.63, 3.8) is 0 Å². The lowest BCUT2D eigenvalue weighted by Crippen LogP contribution is -2.35. The molecule has 0 spiro atoms. The third-order valence-corrected chi connectivity index (χ3v) is 2.41. The summed E-state index contributed by atoms with van der Waals surface area (Å²) in [6.07, 6.45) is 1.65. The van der Waals surface area contributed by atoms with Crippen LogP contribution in [0, 0.1) is 0 Å². The molecule has 0 heterocycles. The fourth-order valence-corrected chi connectivity index (χ4v) is 1.21. The van der Waals surface area contributed by atoms with Gasteiger partial charge in [0, 0.05) is 11.6 Å². The van der Waals surface area contributed by atoms with E-state index in [4.69, 9.17) is 4.74 Å². The van der Waals surface area contributed by atoms with Crippen molar-refractivity contribution in [3.8, 4) is 5.75 Å². The van der Waals surface area contributed by atoms with Crippen molar-refractivity contribution in [2.24, 2.45) is 0 Å². The fourth-order valence-electron chi connectivity index (χ4n) is 1.21. The molecule has 0 aliphatic carbocycles. The van der Waals surface area contributed by atoms with Crippen LogP contribution in [0.15, 0.2) is 24.3 Å². The van der Waals surface area contributed by atoms with Gasteiger partial charge in [0.1, 0.15) is 12.0 Å². The van der Waals surface area contributed by atoms with Gasteiger partial charge in [0.2, 0.25) is 0 Å². The molecule has 1 aromatic carbocycles. The second-order valence-electron chi connectivity index (χ2n) is 3.85. The first kappa shape index (κ1) is 13.2. The third-order valence-electron chi connectivity index (χ3n) is 2.41. The molecule has 0 aromatic heterocycles. The van der Waals surface area contributed by atoms with Crippen LogP contribution in [0.25, 0.3) is 0 Å². The average molecular weight is 235 g/mol. The Labute approximate surface area is 101 Å². The average Bonchev–Trinajstić information content (AvgIpc) is 2.36. The summed E-state index contributed by atoms with van der Waals surface area (Å²) in [6, 6.07) is 6.79. The Morgan fingerprint density at radius 1 is 1.41 bits per heavy atom. The quantitative estimate of drug-likeness (QED) is 0.765. The third kappa shape index (κ3) is 4.68. The van der Waals surface area contributed by atoms with Crippen LogP contribution in [0.4, 0.5) is 0 Å². The molecule has 0 aliphatic rings. The van der Waals surface area contributed by atoms with E-state index in [0.29, 0.717) is 11.3 Å². The maximum Gasteiger partial charge on any atom is 0.258 e. The van der Waals surface area contributed by atoms with Crippen LogP contribution in [0.1, 0.15) is 30.6 Å². The molecule has 0 fully saturated rings. The minimum absolute atomic E-state index is 0.00915. The van der Waals surface area contributed by atoms with Crippen LogP contribution in [0.2, 0.25) is 0 Å². The molecule has 0 bridgehead atoms. The summed E-state index contributed by atoms with van der Waals surface area (Å²) in [4.78, 5) is 21.8. The first-order valence-electron chi connectivity index (χ1n) is 5.63. The van der Waals surface area contributed by atoms with E-state index in [9.17, 15) is 9.59 Å². The number of ether oxygens (including phenoxy) is 1. The van der Waals surface area contributed by atoms with Gasteiger partial charge in [0.25, 0.3) is 5.91 Å². The second kappa shape index (κ2) is 6.68. The molecule has 17 heavy (non-hydrogen) atoms. The molecule has 0 radical (unpaired) electrons. The van der Waals surface area contributed by atoms with E-state index in [2.05, 4.69) is 5.32 Å². The van der Waals surface area contributed by atoms with E-state index in [-0.39, 0.29) is 18.6 Å². The fraction of sp³-hybridized carbons (Fsp3) is 0.385. The molecule has 1 aromatic rings. The topological polar surface area (TPSA) is 55.4 Å². The van der Waals surface area contributed by atoms with Crippen LogP contribution < -0.4 is 10.1 Å². The number of hydrogen-bond acceptors (Lipinski definition) is 3.